The van der Waals surface area contributed by atoms with E-state index in [-0.39, 0.29) is 11.6 Å². The van der Waals surface area contributed by atoms with Gasteiger partial charge in [-0.05, 0) is 35.0 Å². The Morgan fingerprint density at radius 1 is 1.56 bits per heavy atom. The van der Waals surface area contributed by atoms with Crippen LogP contribution >= 0.6 is 27.3 Å². The maximum Gasteiger partial charge on any atom is 0.338 e. The van der Waals surface area contributed by atoms with Crippen molar-refractivity contribution in [2.75, 3.05) is 5.32 Å². The first kappa shape index (κ1) is 13.0. The Kier molecular flexibility index (Phi) is 3.98. The number of thiazole rings is 1. The molecule has 0 fully saturated rings. The van der Waals surface area contributed by atoms with Gasteiger partial charge < -0.3 is 10.4 Å². The number of nitrogens with one attached hydrogen (secondary N) is 1. The van der Waals surface area contributed by atoms with Crippen LogP contribution < -0.4 is 5.32 Å². The summed E-state index contributed by atoms with van der Waals surface area (Å²) in [6.07, 6.45) is 1.73. The summed E-state index contributed by atoms with van der Waals surface area (Å²) in [5, 5.41) is 15.2. The summed E-state index contributed by atoms with van der Waals surface area (Å²) < 4.78 is 0.561. The van der Waals surface area contributed by atoms with E-state index in [0.29, 0.717) is 10.2 Å². The van der Waals surface area contributed by atoms with E-state index in [4.69, 9.17) is 0 Å². The quantitative estimate of drug-likeness (QED) is 0.897. The fourth-order valence-electron chi connectivity index (χ4n) is 1.61. The monoisotopic (exact) mass is 326 g/mol. The molecule has 1 atom stereocenters. The number of hydrogen-bond donors (Lipinski definition) is 2. The molecule has 2 rings (SSSR count). The van der Waals surface area contributed by atoms with Crippen molar-refractivity contribution in [1.82, 2.24) is 4.98 Å². The highest BCUT2D eigenvalue weighted by atomic mass is 79.9. The predicted molar refractivity (Wildman–Crippen MR) is 75.3 cm³/mol. The summed E-state index contributed by atoms with van der Waals surface area (Å²) in [7, 11) is 0. The molecule has 0 aliphatic carbocycles. The molecule has 18 heavy (non-hydrogen) atoms. The highest BCUT2D eigenvalue weighted by molar-refractivity contribution is 9.10. The van der Waals surface area contributed by atoms with E-state index < -0.39 is 5.97 Å². The minimum Gasteiger partial charge on any atom is -0.478 e. The first-order valence-electron chi connectivity index (χ1n) is 5.27. The van der Waals surface area contributed by atoms with Crippen LogP contribution in [0.25, 0.3) is 0 Å². The van der Waals surface area contributed by atoms with Gasteiger partial charge in [0.1, 0.15) is 5.01 Å². The lowest BCUT2D eigenvalue weighted by Gasteiger charge is -2.15. The standard InChI is InChI=1S/C12H11BrN2O2S/c1-7(11-14-5-6-18-11)15-9-4-2-3-8(13)10(9)12(16)17/h2-7,15H,1H3,(H,16,17). The Morgan fingerprint density at radius 2 is 2.33 bits per heavy atom. The molecule has 0 radical (unpaired) electrons. The molecule has 94 valence electrons. The SMILES string of the molecule is CC(Nc1cccc(Br)c1C(=O)O)c1nccs1. The summed E-state index contributed by atoms with van der Waals surface area (Å²) >= 11 is 4.79. The molecule has 1 aromatic heterocycles. The topological polar surface area (TPSA) is 62.2 Å². The number of carbonyl (C=O) groups is 1. The molecule has 1 unspecified atom stereocenters. The summed E-state index contributed by atoms with van der Waals surface area (Å²) in [5.41, 5.74) is 0.820. The molecular formula is C12H11BrN2O2S. The third-order valence-corrected chi connectivity index (χ3v) is 4.04. The molecule has 6 heteroatoms. The first-order valence-corrected chi connectivity index (χ1v) is 6.94. The summed E-state index contributed by atoms with van der Waals surface area (Å²) in [4.78, 5) is 15.4. The van der Waals surface area contributed by atoms with Crippen LogP contribution in [-0.4, -0.2) is 16.1 Å². The molecule has 0 aliphatic rings. The Bertz CT molecular complexity index is 557. The lowest BCUT2D eigenvalue weighted by Crippen LogP contribution is -2.11. The molecule has 1 heterocycles. The van der Waals surface area contributed by atoms with Gasteiger partial charge in [-0.25, -0.2) is 9.78 Å². The number of anilines is 1. The van der Waals surface area contributed by atoms with Gasteiger partial charge in [-0.3, -0.25) is 0 Å². The number of nitrogens with zero attached hydrogens (tertiary/aromatic N) is 1. The van der Waals surface area contributed by atoms with Crippen LogP contribution in [0.15, 0.2) is 34.2 Å². The van der Waals surface area contributed by atoms with Crippen LogP contribution in [0, 0.1) is 0 Å². The predicted octanol–water partition coefficient (Wildman–Crippen LogP) is 3.78. The number of rotatable bonds is 4. The second kappa shape index (κ2) is 5.49. The maximum atomic E-state index is 11.2. The molecule has 0 spiro atoms. The van der Waals surface area contributed by atoms with Gasteiger partial charge in [0.2, 0.25) is 0 Å². The summed E-state index contributed by atoms with van der Waals surface area (Å²) in [6, 6.07) is 5.23. The lowest BCUT2D eigenvalue weighted by molar-refractivity contribution is 0.0697. The largest absolute Gasteiger partial charge is 0.478 e. The molecule has 4 nitrogen and oxygen atoms in total. The Morgan fingerprint density at radius 3 is 2.94 bits per heavy atom. The fourth-order valence-corrected chi connectivity index (χ4v) is 2.79. The second-order valence-corrected chi connectivity index (χ2v) is 5.48. The second-order valence-electron chi connectivity index (χ2n) is 3.70. The maximum absolute atomic E-state index is 11.2. The highest BCUT2D eigenvalue weighted by Gasteiger charge is 2.16. The van der Waals surface area contributed by atoms with E-state index in [1.165, 1.54) is 11.3 Å². The Balaban J connectivity index is 2.29. The zero-order valence-corrected chi connectivity index (χ0v) is 12.0. The molecule has 0 amide bonds. The van der Waals surface area contributed by atoms with Crippen molar-refractivity contribution in [1.29, 1.82) is 0 Å². The lowest BCUT2D eigenvalue weighted by atomic mass is 10.1. The third-order valence-electron chi connectivity index (χ3n) is 2.42. The van der Waals surface area contributed by atoms with Crippen molar-refractivity contribution < 1.29 is 9.90 Å². The van der Waals surface area contributed by atoms with Gasteiger partial charge in [-0.2, -0.15) is 0 Å². The Labute approximate surface area is 117 Å². The van der Waals surface area contributed by atoms with Crippen LogP contribution in [0.4, 0.5) is 5.69 Å². The molecular weight excluding hydrogens is 316 g/mol. The minimum atomic E-state index is -0.962. The van der Waals surface area contributed by atoms with Crippen LogP contribution in [0.2, 0.25) is 0 Å². The molecule has 2 aromatic rings. The van der Waals surface area contributed by atoms with E-state index in [0.717, 1.165) is 5.01 Å². The number of carboxylic acids is 1. The first-order chi connectivity index (χ1) is 8.59. The van der Waals surface area contributed by atoms with Crippen LogP contribution in [0.5, 0.6) is 0 Å². The number of aromatic carboxylic acids is 1. The van der Waals surface area contributed by atoms with Gasteiger partial charge in [0.25, 0.3) is 0 Å². The van der Waals surface area contributed by atoms with Crippen LogP contribution in [0.3, 0.4) is 0 Å². The Hall–Kier alpha value is -1.40. The van der Waals surface area contributed by atoms with Gasteiger partial charge in [0.15, 0.2) is 0 Å². The highest BCUT2D eigenvalue weighted by Crippen LogP contribution is 2.28. The molecule has 0 saturated carbocycles. The molecule has 0 saturated heterocycles. The fraction of sp³-hybridized carbons (Fsp3) is 0.167. The number of halogens is 1. The molecule has 1 aromatic carbocycles. The minimum absolute atomic E-state index is 0.0302. The average molecular weight is 327 g/mol. The van der Waals surface area contributed by atoms with Gasteiger partial charge in [0.05, 0.1) is 17.3 Å². The molecule has 0 bridgehead atoms. The smallest absolute Gasteiger partial charge is 0.338 e. The molecule has 0 aliphatic heterocycles. The van der Waals surface area contributed by atoms with E-state index >= 15 is 0 Å². The van der Waals surface area contributed by atoms with Crippen molar-refractivity contribution in [2.45, 2.75) is 13.0 Å². The van der Waals surface area contributed by atoms with Crippen LogP contribution in [0.1, 0.15) is 28.3 Å². The molecule has 2 N–H and O–H groups in total. The number of benzene rings is 1. The van der Waals surface area contributed by atoms with Crippen molar-refractivity contribution in [3.05, 3.63) is 44.8 Å². The number of hydrogen-bond acceptors (Lipinski definition) is 4. The summed E-state index contributed by atoms with van der Waals surface area (Å²) in [5.74, 6) is -0.962. The van der Waals surface area contributed by atoms with Gasteiger partial charge in [0, 0.05) is 16.0 Å². The van der Waals surface area contributed by atoms with Gasteiger partial charge >= 0.3 is 5.97 Å². The van der Waals surface area contributed by atoms with Crippen LogP contribution in [-0.2, 0) is 0 Å². The number of aromatic nitrogens is 1. The summed E-state index contributed by atoms with van der Waals surface area (Å²) in [6.45, 7) is 1.95. The third kappa shape index (κ3) is 2.70. The average Bonchev–Trinajstić information content (AvgIpc) is 2.81. The van der Waals surface area contributed by atoms with Gasteiger partial charge in [-0.15, -0.1) is 11.3 Å². The van der Waals surface area contributed by atoms with Gasteiger partial charge in [-0.1, -0.05) is 6.07 Å². The normalized spacial score (nSPS) is 12.1. The van der Waals surface area contributed by atoms with Crippen molar-refractivity contribution in [3.63, 3.8) is 0 Å². The van der Waals surface area contributed by atoms with E-state index in [2.05, 4.69) is 26.2 Å². The van der Waals surface area contributed by atoms with E-state index in [9.17, 15) is 9.90 Å². The van der Waals surface area contributed by atoms with Crippen molar-refractivity contribution >= 4 is 38.9 Å². The van der Waals surface area contributed by atoms with Crippen molar-refractivity contribution in [3.8, 4) is 0 Å². The van der Waals surface area contributed by atoms with E-state index in [1.54, 1.807) is 24.4 Å². The zero-order chi connectivity index (χ0) is 13.1. The van der Waals surface area contributed by atoms with E-state index in [1.807, 2.05) is 12.3 Å². The number of carboxylic acid groups (broad SMARTS) is 1. The zero-order valence-electron chi connectivity index (χ0n) is 9.55. The van der Waals surface area contributed by atoms with Crippen molar-refractivity contribution in [2.24, 2.45) is 0 Å².